The van der Waals surface area contributed by atoms with Crippen LogP contribution in [-0.2, 0) is 0 Å². The Labute approximate surface area is 172 Å². The van der Waals surface area contributed by atoms with Crippen LogP contribution in [0, 0.1) is 23.7 Å². The summed E-state index contributed by atoms with van der Waals surface area (Å²) in [6.07, 6.45) is 31.8. The predicted octanol–water partition coefficient (Wildman–Crippen LogP) is 9.71. The summed E-state index contributed by atoms with van der Waals surface area (Å²) in [5.41, 5.74) is 0. The predicted molar refractivity (Wildman–Crippen MR) is 122 cm³/mol. The lowest BCUT2D eigenvalue weighted by Gasteiger charge is -2.19. The van der Waals surface area contributed by atoms with Gasteiger partial charge in [0.15, 0.2) is 0 Å². The van der Waals surface area contributed by atoms with Crippen molar-refractivity contribution in [1.82, 2.24) is 0 Å². The van der Waals surface area contributed by atoms with Gasteiger partial charge < -0.3 is 0 Å². The second-order valence-corrected chi connectivity index (χ2v) is 10.3. The number of unbranched alkanes of at least 4 members (excludes halogenated alkanes) is 8. The molecule has 2 aliphatic rings. The Morgan fingerprint density at radius 2 is 0.926 bits per heavy atom. The molecule has 0 radical (unpaired) electrons. The minimum absolute atomic E-state index is 1.10. The summed E-state index contributed by atoms with van der Waals surface area (Å²) in [7, 11) is 0. The second-order valence-electron chi connectivity index (χ2n) is 10.3. The molecule has 0 N–H and O–H groups in total. The summed E-state index contributed by atoms with van der Waals surface area (Å²) in [5, 5.41) is 0. The maximum absolute atomic E-state index is 2.34. The van der Waals surface area contributed by atoms with Gasteiger partial charge in [-0.2, -0.15) is 0 Å². The Bertz CT molecular complexity index is 333. The third kappa shape index (κ3) is 9.85. The fourth-order valence-electron chi connectivity index (χ4n) is 6.29. The van der Waals surface area contributed by atoms with Gasteiger partial charge in [0, 0.05) is 0 Å². The zero-order chi connectivity index (χ0) is 19.2. The number of hydrogen-bond donors (Lipinski definition) is 0. The molecular weight excluding hydrogens is 324 g/mol. The fraction of sp³-hybridized carbons (Fsp3) is 1.00. The van der Waals surface area contributed by atoms with Crippen molar-refractivity contribution in [2.75, 3.05) is 0 Å². The molecule has 4 unspecified atom stereocenters. The average Bonchev–Trinajstić information content (AvgIpc) is 3.31. The van der Waals surface area contributed by atoms with E-state index in [1.807, 2.05) is 0 Å². The topological polar surface area (TPSA) is 0 Å². The van der Waals surface area contributed by atoms with E-state index in [9.17, 15) is 0 Å². The van der Waals surface area contributed by atoms with Gasteiger partial charge in [0.05, 0.1) is 0 Å². The normalized spacial score (nSPS) is 28.2. The summed E-state index contributed by atoms with van der Waals surface area (Å²) in [6, 6.07) is 0. The fourth-order valence-corrected chi connectivity index (χ4v) is 6.29. The molecule has 0 heteroatoms. The Morgan fingerprint density at radius 1 is 0.481 bits per heavy atom. The molecule has 0 bridgehead atoms. The molecule has 0 heterocycles. The standard InChI is InChI=1S/C27H52/c1-3-5-7-11-15-24-21-22-25(23-24)16-12-8-9-13-18-27-20-14-19-26(27)17-10-6-4-2/h24-27H,3-23H2,1-2H3. The maximum Gasteiger partial charge on any atom is -0.0386 e. The van der Waals surface area contributed by atoms with Crippen LogP contribution in [0.4, 0.5) is 0 Å². The van der Waals surface area contributed by atoms with Gasteiger partial charge in [0.25, 0.3) is 0 Å². The van der Waals surface area contributed by atoms with Gasteiger partial charge in [0.1, 0.15) is 0 Å². The summed E-state index contributed by atoms with van der Waals surface area (Å²) in [4.78, 5) is 0. The van der Waals surface area contributed by atoms with Crippen molar-refractivity contribution in [3.8, 4) is 0 Å². The molecule has 0 aromatic carbocycles. The van der Waals surface area contributed by atoms with Gasteiger partial charge >= 0.3 is 0 Å². The van der Waals surface area contributed by atoms with Crippen molar-refractivity contribution in [2.24, 2.45) is 23.7 Å². The van der Waals surface area contributed by atoms with E-state index in [0.29, 0.717) is 0 Å². The summed E-state index contributed by atoms with van der Waals surface area (Å²) in [5.74, 6) is 4.40. The molecule has 0 spiro atoms. The molecule has 0 aliphatic heterocycles. The smallest absolute Gasteiger partial charge is 0.0386 e. The molecule has 2 saturated carbocycles. The first kappa shape index (κ1) is 23.3. The van der Waals surface area contributed by atoms with Crippen LogP contribution in [-0.4, -0.2) is 0 Å². The molecule has 160 valence electrons. The van der Waals surface area contributed by atoms with Crippen LogP contribution in [0.25, 0.3) is 0 Å². The first-order valence-electron chi connectivity index (χ1n) is 13.3. The van der Waals surface area contributed by atoms with Crippen LogP contribution in [0.3, 0.4) is 0 Å². The Balaban J connectivity index is 1.42. The lowest BCUT2D eigenvalue weighted by atomic mass is 9.86. The molecule has 27 heavy (non-hydrogen) atoms. The quantitative estimate of drug-likeness (QED) is 0.235. The average molecular weight is 377 g/mol. The summed E-state index contributed by atoms with van der Waals surface area (Å²) >= 11 is 0. The highest BCUT2D eigenvalue weighted by Gasteiger charge is 2.26. The monoisotopic (exact) mass is 376 g/mol. The van der Waals surface area contributed by atoms with Crippen LogP contribution in [0.2, 0.25) is 0 Å². The number of hydrogen-bond acceptors (Lipinski definition) is 0. The summed E-state index contributed by atoms with van der Waals surface area (Å²) < 4.78 is 0. The minimum Gasteiger partial charge on any atom is -0.0654 e. The van der Waals surface area contributed by atoms with Gasteiger partial charge in [0.2, 0.25) is 0 Å². The van der Waals surface area contributed by atoms with E-state index < -0.39 is 0 Å². The van der Waals surface area contributed by atoms with Crippen LogP contribution in [0.5, 0.6) is 0 Å². The maximum atomic E-state index is 2.34. The molecule has 0 saturated heterocycles. The van der Waals surface area contributed by atoms with Crippen LogP contribution >= 0.6 is 0 Å². The van der Waals surface area contributed by atoms with E-state index in [1.54, 1.807) is 51.4 Å². The number of rotatable bonds is 16. The van der Waals surface area contributed by atoms with E-state index in [-0.39, 0.29) is 0 Å². The lowest BCUT2D eigenvalue weighted by molar-refractivity contribution is 0.322. The highest BCUT2D eigenvalue weighted by molar-refractivity contribution is 4.78. The van der Waals surface area contributed by atoms with Crippen molar-refractivity contribution in [3.05, 3.63) is 0 Å². The Morgan fingerprint density at radius 3 is 1.48 bits per heavy atom. The second kappa shape index (κ2) is 14.9. The SMILES string of the molecule is CCCCCCC1CCC(CCCCCCC2CCCC2CCCCC)C1. The van der Waals surface area contributed by atoms with E-state index in [4.69, 9.17) is 0 Å². The molecule has 2 rings (SSSR count). The van der Waals surface area contributed by atoms with Gasteiger partial charge in [-0.05, 0) is 30.1 Å². The molecular formula is C27H52. The van der Waals surface area contributed by atoms with E-state index in [0.717, 1.165) is 23.7 Å². The molecule has 0 amide bonds. The first-order chi connectivity index (χ1) is 13.3. The highest BCUT2D eigenvalue weighted by atomic mass is 14.3. The lowest BCUT2D eigenvalue weighted by Crippen LogP contribution is -2.08. The van der Waals surface area contributed by atoms with Crippen LogP contribution < -0.4 is 0 Å². The third-order valence-electron chi connectivity index (χ3n) is 8.05. The molecule has 0 nitrogen and oxygen atoms in total. The van der Waals surface area contributed by atoms with E-state index in [2.05, 4.69) is 13.8 Å². The summed E-state index contributed by atoms with van der Waals surface area (Å²) in [6.45, 7) is 4.66. The Kier molecular flexibility index (Phi) is 12.9. The third-order valence-corrected chi connectivity index (χ3v) is 8.05. The zero-order valence-corrected chi connectivity index (χ0v) is 19.2. The molecule has 4 atom stereocenters. The molecule has 0 aromatic rings. The van der Waals surface area contributed by atoms with Gasteiger partial charge in [-0.1, -0.05) is 142 Å². The molecule has 0 aromatic heterocycles. The van der Waals surface area contributed by atoms with Crippen molar-refractivity contribution < 1.29 is 0 Å². The molecule has 2 aliphatic carbocycles. The zero-order valence-electron chi connectivity index (χ0n) is 19.2. The van der Waals surface area contributed by atoms with Crippen molar-refractivity contribution in [3.63, 3.8) is 0 Å². The van der Waals surface area contributed by atoms with Gasteiger partial charge in [-0.15, -0.1) is 0 Å². The van der Waals surface area contributed by atoms with Crippen molar-refractivity contribution >= 4 is 0 Å². The Hall–Kier alpha value is 0. The largest absolute Gasteiger partial charge is 0.0654 e. The minimum atomic E-state index is 1.10. The first-order valence-corrected chi connectivity index (χ1v) is 13.3. The molecule has 2 fully saturated rings. The van der Waals surface area contributed by atoms with E-state index >= 15 is 0 Å². The van der Waals surface area contributed by atoms with Crippen molar-refractivity contribution in [1.29, 1.82) is 0 Å². The van der Waals surface area contributed by atoms with Crippen molar-refractivity contribution in [2.45, 2.75) is 149 Å². The highest BCUT2D eigenvalue weighted by Crippen LogP contribution is 2.39. The van der Waals surface area contributed by atoms with Gasteiger partial charge in [-0.25, -0.2) is 0 Å². The van der Waals surface area contributed by atoms with Crippen LogP contribution in [0.1, 0.15) is 149 Å². The van der Waals surface area contributed by atoms with Crippen LogP contribution in [0.15, 0.2) is 0 Å². The van der Waals surface area contributed by atoms with E-state index in [1.165, 1.54) is 83.5 Å². The van der Waals surface area contributed by atoms with Gasteiger partial charge in [-0.3, -0.25) is 0 Å².